The van der Waals surface area contributed by atoms with Crippen LogP contribution in [0.25, 0.3) is 0 Å². The number of hydrogen-bond donors (Lipinski definition) is 1. The van der Waals surface area contributed by atoms with Crippen molar-refractivity contribution in [2.45, 2.75) is 31.2 Å². The number of nitrogens with zero attached hydrogens (tertiary/aromatic N) is 1. The second kappa shape index (κ2) is 7.05. The maximum Gasteiger partial charge on any atom is 0.242 e. The number of hydrogen-bond acceptors (Lipinski definition) is 3. The maximum atomic E-state index is 12.5. The van der Waals surface area contributed by atoms with E-state index in [0.29, 0.717) is 19.1 Å². The number of ether oxygens (including phenoxy) is 1. The first-order valence-corrected chi connectivity index (χ1v) is 7.99. The van der Waals surface area contributed by atoms with E-state index in [-0.39, 0.29) is 11.9 Å². The van der Waals surface area contributed by atoms with Crippen molar-refractivity contribution >= 4 is 5.91 Å². The molecule has 0 aliphatic carbocycles. The summed E-state index contributed by atoms with van der Waals surface area (Å²) in [4.78, 5) is 14.6. The van der Waals surface area contributed by atoms with Gasteiger partial charge in [-0.2, -0.15) is 0 Å². The van der Waals surface area contributed by atoms with Crippen LogP contribution < -0.4 is 5.32 Å². The van der Waals surface area contributed by atoms with Crippen LogP contribution in [-0.2, 0) is 9.53 Å². The first kappa shape index (κ1) is 14.5. The molecule has 2 saturated heterocycles. The molecular weight excluding hydrogens is 264 g/mol. The molecule has 1 N–H and O–H groups in total. The van der Waals surface area contributed by atoms with Gasteiger partial charge in [-0.1, -0.05) is 30.3 Å². The smallest absolute Gasteiger partial charge is 0.242 e. The van der Waals surface area contributed by atoms with Crippen molar-refractivity contribution in [3.8, 4) is 0 Å². The van der Waals surface area contributed by atoms with Crippen LogP contribution in [0.2, 0.25) is 0 Å². The highest BCUT2D eigenvalue weighted by molar-refractivity contribution is 5.82. The van der Waals surface area contributed by atoms with Gasteiger partial charge in [0.1, 0.15) is 6.04 Å². The van der Waals surface area contributed by atoms with Crippen molar-refractivity contribution in [3.63, 3.8) is 0 Å². The Morgan fingerprint density at radius 1 is 1.19 bits per heavy atom. The third-order valence-electron chi connectivity index (χ3n) is 4.53. The lowest BCUT2D eigenvalue weighted by Crippen LogP contribution is -2.52. The highest BCUT2D eigenvalue weighted by Gasteiger charge is 2.28. The summed E-state index contributed by atoms with van der Waals surface area (Å²) in [6, 6.07) is 10.5. The van der Waals surface area contributed by atoms with Crippen LogP contribution in [0.5, 0.6) is 0 Å². The molecule has 0 spiro atoms. The molecule has 21 heavy (non-hydrogen) atoms. The van der Waals surface area contributed by atoms with Gasteiger partial charge in [0.05, 0.1) is 13.2 Å². The van der Waals surface area contributed by atoms with Crippen molar-refractivity contribution in [1.82, 2.24) is 10.2 Å². The summed E-state index contributed by atoms with van der Waals surface area (Å²) in [5.74, 6) is 0.794. The van der Waals surface area contributed by atoms with Crippen LogP contribution in [0.1, 0.15) is 30.7 Å². The number of nitrogens with one attached hydrogen (secondary N) is 1. The van der Waals surface area contributed by atoms with E-state index in [1.54, 1.807) is 0 Å². The van der Waals surface area contributed by atoms with E-state index < -0.39 is 0 Å². The van der Waals surface area contributed by atoms with Crippen LogP contribution in [0.3, 0.4) is 0 Å². The summed E-state index contributed by atoms with van der Waals surface area (Å²) in [6.45, 7) is 3.73. The molecule has 1 aromatic rings. The Bertz CT molecular complexity index is 457. The van der Waals surface area contributed by atoms with Crippen LogP contribution in [0.15, 0.2) is 30.3 Å². The fourth-order valence-electron chi connectivity index (χ4n) is 3.32. The van der Waals surface area contributed by atoms with Crippen molar-refractivity contribution in [2.24, 2.45) is 0 Å². The minimum atomic E-state index is -0.146. The Morgan fingerprint density at radius 3 is 2.81 bits per heavy atom. The van der Waals surface area contributed by atoms with Gasteiger partial charge in [-0.15, -0.1) is 0 Å². The lowest BCUT2D eigenvalue weighted by Gasteiger charge is -2.29. The Morgan fingerprint density at radius 2 is 2.05 bits per heavy atom. The predicted molar refractivity (Wildman–Crippen MR) is 82.2 cm³/mol. The monoisotopic (exact) mass is 288 g/mol. The lowest BCUT2D eigenvalue weighted by molar-refractivity contribution is -0.136. The largest absolute Gasteiger partial charge is 0.378 e. The maximum absolute atomic E-state index is 12.5. The summed E-state index contributed by atoms with van der Waals surface area (Å²) in [7, 11) is 0. The van der Waals surface area contributed by atoms with Crippen LogP contribution in [-0.4, -0.2) is 49.7 Å². The first-order chi connectivity index (χ1) is 10.3. The molecule has 2 heterocycles. The molecule has 0 bridgehead atoms. The van der Waals surface area contributed by atoms with Gasteiger partial charge in [0.25, 0.3) is 0 Å². The van der Waals surface area contributed by atoms with Gasteiger partial charge in [0.2, 0.25) is 5.91 Å². The van der Waals surface area contributed by atoms with Gasteiger partial charge in [0, 0.05) is 19.6 Å². The molecule has 2 aliphatic rings. The normalized spacial score (nSPS) is 27.1. The zero-order valence-corrected chi connectivity index (χ0v) is 12.5. The van der Waals surface area contributed by atoms with Gasteiger partial charge in [-0.25, -0.2) is 0 Å². The SMILES string of the molecule is O=C(C1COCCN1)N1CCCC(c2ccccc2)CC1. The van der Waals surface area contributed by atoms with Crippen LogP contribution >= 0.6 is 0 Å². The second-order valence-corrected chi connectivity index (χ2v) is 5.95. The van der Waals surface area contributed by atoms with Crippen molar-refractivity contribution in [2.75, 3.05) is 32.8 Å². The van der Waals surface area contributed by atoms with E-state index in [4.69, 9.17) is 4.74 Å². The number of carbonyl (C=O) groups excluding carboxylic acids is 1. The molecule has 2 unspecified atom stereocenters. The molecule has 3 rings (SSSR count). The third-order valence-corrected chi connectivity index (χ3v) is 4.53. The summed E-state index contributed by atoms with van der Waals surface area (Å²) >= 11 is 0. The predicted octanol–water partition coefficient (Wildman–Crippen LogP) is 1.77. The Kier molecular flexibility index (Phi) is 4.88. The summed E-state index contributed by atoms with van der Waals surface area (Å²) < 4.78 is 5.41. The van der Waals surface area contributed by atoms with E-state index in [0.717, 1.165) is 32.5 Å². The molecule has 0 radical (unpaired) electrons. The van der Waals surface area contributed by atoms with Gasteiger partial charge in [-0.3, -0.25) is 4.79 Å². The molecule has 4 nitrogen and oxygen atoms in total. The Labute approximate surface area is 126 Å². The Balaban J connectivity index is 1.59. The van der Waals surface area contributed by atoms with Gasteiger partial charge in [0.15, 0.2) is 0 Å². The number of carbonyl (C=O) groups is 1. The summed E-state index contributed by atoms with van der Waals surface area (Å²) in [6.07, 6.45) is 3.31. The fourth-order valence-corrected chi connectivity index (χ4v) is 3.32. The Hall–Kier alpha value is -1.39. The topological polar surface area (TPSA) is 41.6 Å². The molecule has 0 saturated carbocycles. The molecule has 0 aromatic heterocycles. The third kappa shape index (κ3) is 3.63. The van der Waals surface area contributed by atoms with Gasteiger partial charge in [-0.05, 0) is 30.7 Å². The van der Waals surface area contributed by atoms with E-state index in [1.807, 2.05) is 4.90 Å². The van der Waals surface area contributed by atoms with Gasteiger partial charge < -0.3 is 15.0 Å². The average Bonchev–Trinajstić information content (AvgIpc) is 2.82. The number of amides is 1. The molecule has 114 valence electrons. The minimum Gasteiger partial charge on any atom is -0.378 e. The molecule has 1 amide bonds. The number of benzene rings is 1. The summed E-state index contributed by atoms with van der Waals surface area (Å²) in [5.41, 5.74) is 1.41. The first-order valence-electron chi connectivity index (χ1n) is 7.99. The number of likely N-dealkylation sites (tertiary alicyclic amines) is 1. The second-order valence-electron chi connectivity index (χ2n) is 5.95. The fraction of sp³-hybridized carbons (Fsp3) is 0.588. The van der Waals surface area contributed by atoms with Crippen molar-refractivity contribution in [3.05, 3.63) is 35.9 Å². The number of morpholine rings is 1. The molecule has 2 fully saturated rings. The summed E-state index contributed by atoms with van der Waals surface area (Å²) in [5, 5.41) is 3.26. The zero-order chi connectivity index (χ0) is 14.5. The number of rotatable bonds is 2. The quantitative estimate of drug-likeness (QED) is 0.902. The van der Waals surface area contributed by atoms with E-state index in [1.165, 1.54) is 12.0 Å². The van der Waals surface area contributed by atoms with E-state index >= 15 is 0 Å². The standard InChI is InChI=1S/C17H24N2O2/c20-17(16-13-21-12-9-18-16)19-10-4-7-15(8-11-19)14-5-2-1-3-6-14/h1-3,5-6,15-16,18H,4,7-13H2. The molecule has 2 atom stereocenters. The van der Waals surface area contributed by atoms with E-state index in [9.17, 15) is 4.79 Å². The highest BCUT2D eigenvalue weighted by Crippen LogP contribution is 2.28. The molecular formula is C17H24N2O2. The van der Waals surface area contributed by atoms with Crippen LogP contribution in [0.4, 0.5) is 0 Å². The lowest BCUT2D eigenvalue weighted by atomic mass is 9.92. The molecule has 4 heteroatoms. The van der Waals surface area contributed by atoms with Crippen molar-refractivity contribution in [1.29, 1.82) is 0 Å². The van der Waals surface area contributed by atoms with Gasteiger partial charge >= 0.3 is 0 Å². The molecule has 1 aromatic carbocycles. The minimum absolute atomic E-state index is 0.146. The van der Waals surface area contributed by atoms with Crippen molar-refractivity contribution < 1.29 is 9.53 Å². The van der Waals surface area contributed by atoms with Crippen LogP contribution in [0, 0.1) is 0 Å². The highest BCUT2D eigenvalue weighted by atomic mass is 16.5. The van der Waals surface area contributed by atoms with E-state index in [2.05, 4.69) is 35.6 Å². The zero-order valence-electron chi connectivity index (χ0n) is 12.5. The molecule has 2 aliphatic heterocycles. The average molecular weight is 288 g/mol.